The number of benzene rings is 1. The summed E-state index contributed by atoms with van der Waals surface area (Å²) in [6.45, 7) is -10.2. The summed E-state index contributed by atoms with van der Waals surface area (Å²) in [5.74, 6) is -2.38. The van der Waals surface area contributed by atoms with Gasteiger partial charge in [-0.2, -0.15) is 0 Å². The molecule has 1 aliphatic rings. The van der Waals surface area contributed by atoms with Gasteiger partial charge < -0.3 is 15.0 Å². The molecule has 17 heavy (non-hydrogen) atoms. The van der Waals surface area contributed by atoms with Crippen LogP contribution in [0.15, 0.2) is 24.4 Å². The molecule has 1 aromatic heterocycles. The first kappa shape index (κ1) is 4.02. The van der Waals surface area contributed by atoms with E-state index in [4.69, 9.17) is 15.1 Å². The summed E-state index contributed by atoms with van der Waals surface area (Å²) >= 11 is 0. The predicted octanol–water partition coefficient (Wildman–Crippen LogP) is 2.68. The molecule has 3 nitrogen and oxygen atoms in total. The molecule has 0 bridgehead atoms. The van der Waals surface area contributed by atoms with Crippen LogP contribution >= 0.6 is 0 Å². The van der Waals surface area contributed by atoms with E-state index in [-0.39, 0.29) is 21.6 Å². The Hall–Kier alpha value is -1.48. The van der Waals surface area contributed by atoms with Crippen molar-refractivity contribution in [1.82, 2.24) is 9.88 Å². The van der Waals surface area contributed by atoms with Crippen molar-refractivity contribution < 1.29 is 20.2 Å². The second-order valence-corrected chi connectivity index (χ2v) is 3.72. The van der Waals surface area contributed by atoms with Gasteiger partial charge in [0.2, 0.25) is 0 Å². The summed E-state index contributed by atoms with van der Waals surface area (Å²) in [7, 11) is 0. The van der Waals surface area contributed by atoms with Gasteiger partial charge in [0.1, 0.15) is 5.75 Å². The normalized spacial score (nSPS) is 41.1. The second kappa shape index (κ2) is 4.08. The highest BCUT2D eigenvalue weighted by molar-refractivity contribution is 5.89. The first-order valence-electron chi connectivity index (χ1n) is 10.6. The topological polar surface area (TPSA) is 39.3 Å². The van der Waals surface area contributed by atoms with Crippen molar-refractivity contribution in [1.29, 1.82) is 0 Å². The fraction of sp³-hybridized carbons (Fsp3) is 0.429. The maximum absolute atomic E-state index is 10.2. The van der Waals surface area contributed by atoms with Crippen molar-refractivity contribution in [2.75, 3.05) is 20.0 Å². The van der Waals surface area contributed by atoms with E-state index in [9.17, 15) is 5.11 Å². The number of H-pyrrole nitrogens is 1. The number of aromatic nitrogens is 1. The Morgan fingerprint density at radius 1 is 1.47 bits per heavy atom. The van der Waals surface area contributed by atoms with Crippen molar-refractivity contribution >= 4 is 10.9 Å². The van der Waals surface area contributed by atoms with Crippen LogP contribution in [0.1, 0.15) is 39.3 Å². The molecule has 2 heterocycles. The molecular formula is C14H18N2O. The summed E-state index contributed by atoms with van der Waals surface area (Å²) in [6, 6.07) is 4.31. The van der Waals surface area contributed by atoms with E-state index in [1.54, 1.807) is 0 Å². The summed E-state index contributed by atoms with van der Waals surface area (Å²) < 4.78 is 88.5. The second-order valence-electron chi connectivity index (χ2n) is 3.72. The van der Waals surface area contributed by atoms with Gasteiger partial charge in [0.15, 0.2) is 0 Å². The van der Waals surface area contributed by atoms with Crippen LogP contribution < -0.4 is 0 Å². The van der Waals surface area contributed by atoms with Crippen LogP contribution in [-0.4, -0.2) is 35.0 Å². The molecule has 90 valence electrons. The molecule has 3 rings (SSSR count). The standard InChI is InChI=1S/C14H18N2O/c1-16-7-5-10(6-8-16)11-9-15-12-3-2-4-13(17)14(11)12/h2-4,9-10,15,17H,5-8H2,1H3/i1D3,5D2,6D2,7D2,8D2. The zero-order chi connectivity index (χ0) is 21.5. The maximum Gasteiger partial charge on any atom is 0.125 e. The third kappa shape index (κ3) is 1.80. The number of likely N-dealkylation sites (tertiary alicyclic amines) is 1. The Bertz CT molecular complexity index is 890. The number of aromatic amines is 1. The van der Waals surface area contributed by atoms with Crippen molar-refractivity contribution in [3.8, 4) is 5.75 Å². The Morgan fingerprint density at radius 2 is 2.29 bits per heavy atom. The molecule has 2 N–H and O–H groups in total. The maximum atomic E-state index is 10.2. The molecular weight excluding hydrogens is 212 g/mol. The SMILES string of the molecule is [2H]C([2H])([2H])N1C([2H])([2H])C([2H])([2H])C(c2c[nH]c3cccc(O)c23)C([2H])([2H])C1([2H])[2H]. The highest BCUT2D eigenvalue weighted by Gasteiger charge is 2.22. The van der Waals surface area contributed by atoms with Crippen LogP contribution in [0.3, 0.4) is 0 Å². The van der Waals surface area contributed by atoms with Gasteiger partial charge in [0, 0.05) is 32.2 Å². The molecule has 0 spiro atoms. The van der Waals surface area contributed by atoms with Crippen LogP contribution in [0.25, 0.3) is 10.9 Å². The van der Waals surface area contributed by atoms with E-state index < -0.39 is 38.6 Å². The number of phenolic OH excluding ortho intramolecular Hbond substituents is 1. The molecule has 1 fully saturated rings. The number of aromatic hydroxyl groups is 1. The first-order valence-corrected chi connectivity index (χ1v) is 5.08. The molecule has 0 radical (unpaired) electrons. The van der Waals surface area contributed by atoms with Crippen molar-refractivity contribution in [3.05, 3.63) is 30.0 Å². The molecule has 2 aromatic rings. The van der Waals surface area contributed by atoms with Gasteiger partial charge in [-0.05, 0) is 56.3 Å². The number of nitrogens with one attached hydrogen (secondary N) is 1. The average molecular weight is 241 g/mol. The third-order valence-corrected chi connectivity index (χ3v) is 2.67. The van der Waals surface area contributed by atoms with Crippen LogP contribution in [-0.2, 0) is 0 Å². The first-order chi connectivity index (χ1) is 12.5. The van der Waals surface area contributed by atoms with E-state index in [1.165, 1.54) is 24.4 Å². The number of fused-ring (bicyclic) bond motifs is 1. The van der Waals surface area contributed by atoms with E-state index in [1.807, 2.05) is 0 Å². The quantitative estimate of drug-likeness (QED) is 0.805. The molecule has 0 unspecified atom stereocenters. The van der Waals surface area contributed by atoms with Gasteiger partial charge in [-0.15, -0.1) is 0 Å². The Balaban J connectivity index is 2.36. The minimum absolute atomic E-state index is 0.0224. The molecule has 1 aromatic carbocycles. The van der Waals surface area contributed by atoms with Gasteiger partial charge in [-0.1, -0.05) is 6.07 Å². The number of hydrogen-bond acceptors (Lipinski definition) is 2. The molecule has 1 saturated heterocycles. The zero-order valence-electron chi connectivity index (χ0n) is 19.8. The van der Waals surface area contributed by atoms with Gasteiger partial charge in [-0.3, -0.25) is 0 Å². The van der Waals surface area contributed by atoms with E-state index in [2.05, 4.69) is 4.98 Å². The smallest absolute Gasteiger partial charge is 0.125 e. The van der Waals surface area contributed by atoms with Crippen LogP contribution in [0.4, 0.5) is 0 Å². The van der Waals surface area contributed by atoms with Crippen molar-refractivity contribution in [2.24, 2.45) is 0 Å². The van der Waals surface area contributed by atoms with Crippen molar-refractivity contribution in [3.63, 3.8) is 0 Å². The fourth-order valence-corrected chi connectivity index (χ4v) is 1.90. The Labute approximate surface area is 117 Å². The van der Waals surface area contributed by atoms with Crippen LogP contribution in [0.5, 0.6) is 5.75 Å². The lowest BCUT2D eigenvalue weighted by Gasteiger charge is -2.28. The van der Waals surface area contributed by atoms with Gasteiger partial charge >= 0.3 is 0 Å². The summed E-state index contributed by atoms with van der Waals surface area (Å²) in [4.78, 5) is 2.39. The summed E-state index contributed by atoms with van der Waals surface area (Å²) in [6.07, 6.45) is -5.16. The molecule has 0 saturated carbocycles. The van der Waals surface area contributed by atoms with Gasteiger partial charge in [0.05, 0.1) is 0 Å². The van der Waals surface area contributed by atoms with Gasteiger partial charge in [0.25, 0.3) is 0 Å². The van der Waals surface area contributed by atoms with Crippen LogP contribution in [0.2, 0.25) is 0 Å². The zero-order valence-corrected chi connectivity index (χ0v) is 8.78. The molecule has 0 atom stereocenters. The Morgan fingerprint density at radius 3 is 3.06 bits per heavy atom. The van der Waals surface area contributed by atoms with Gasteiger partial charge in [-0.25, -0.2) is 0 Å². The Kier molecular flexibility index (Phi) is 0.964. The average Bonchev–Trinajstić information content (AvgIpc) is 2.88. The highest BCUT2D eigenvalue weighted by atomic mass is 16.3. The lowest BCUT2D eigenvalue weighted by atomic mass is 9.89. The monoisotopic (exact) mass is 241 g/mol. The lowest BCUT2D eigenvalue weighted by Crippen LogP contribution is -2.29. The summed E-state index contributed by atoms with van der Waals surface area (Å²) in [5, 5.41) is 10.2. The third-order valence-electron chi connectivity index (χ3n) is 2.67. The number of nitrogens with zero attached hydrogens (tertiary/aromatic N) is 1. The summed E-state index contributed by atoms with van der Waals surface area (Å²) in [5.41, 5.74) is 0.141. The highest BCUT2D eigenvalue weighted by Crippen LogP contribution is 2.36. The predicted molar refractivity (Wildman–Crippen MR) is 69.4 cm³/mol. The largest absolute Gasteiger partial charge is 0.507 e. The molecule has 0 amide bonds. The number of piperidine rings is 1. The molecule has 0 aliphatic carbocycles. The number of hydrogen-bond donors (Lipinski definition) is 2. The minimum atomic E-state index is -3.44. The number of phenols is 1. The van der Waals surface area contributed by atoms with Crippen LogP contribution in [0, 0.1) is 0 Å². The van der Waals surface area contributed by atoms with E-state index in [0.717, 1.165) is 0 Å². The van der Waals surface area contributed by atoms with E-state index in [0.29, 0.717) is 5.52 Å². The van der Waals surface area contributed by atoms with E-state index >= 15 is 0 Å². The number of rotatable bonds is 1. The molecule has 3 heteroatoms. The fourth-order valence-electron chi connectivity index (χ4n) is 1.90. The minimum Gasteiger partial charge on any atom is -0.507 e. The molecule has 1 aliphatic heterocycles. The van der Waals surface area contributed by atoms with Crippen molar-refractivity contribution in [2.45, 2.75) is 18.7 Å². The lowest BCUT2D eigenvalue weighted by molar-refractivity contribution is 0.256.